The van der Waals surface area contributed by atoms with Gasteiger partial charge in [0.1, 0.15) is 9.96 Å². The first-order valence-electron chi connectivity index (χ1n) is 10.8. The molecule has 0 unspecified atom stereocenters. The van der Waals surface area contributed by atoms with E-state index in [1.165, 1.54) is 4.31 Å². The average molecular weight is 498 g/mol. The molecule has 32 heavy (non-hydrogen) atoms. The number of hydrogen-bond donors (Lipinski definition) is 0. The van der Waals surface area contributed by atoms with Crippen LogP contribution >= 0.6 is 22.9 Å². The van der Waals surface area contributed by atoms with Crippen LogP contribution in [0.3, 0.4) is 0 Å². The lowest BCUT2D eigenvalue weighted by Gasteiger charge is -2.37. The highest BCUT2D eigenvalue weighted by atomic mass is 35.5. The highest BCUT2D eigenvalue weighted by Crippen LogP contribution is 2.31. The van der Waals surface area contributed by atoms with Crippen LogP contribution in [0.15, 0.2) is 40.6 Å². The van der Waals surface area contributed by atoms with Crippen molar-refractivity contribution in [1.29, 1.82) is 0 Å². The van der Waals surface area contributed by atoms with E-state index < -0.39 is 10.0 Å². The Balaban J connectivity index is 1.25. The van der Waals surface area contributed by atoms with Gasteiger partial charge < -0.3 is 14.5 Å². The van der Waals surface area contributed by atoms with Crippen LogP contribution < -0.4 is 9.64 Å². The number of thiophene rings is 1. The van der Waals surface area contributed by atoms with Crippen molar-refractivity contribution in [2.24, 2.45) is 5.92 Å². The van der Waals surface area contributed by atoms with E-state index in [0.717, 1.165) is 35.9 Å². The standard InChI is InChI=1S/C22H28ClN3O4S2/c1-30-19-4-2-3-18(16-19)24-11-13-25(14-12-24)21(27)15-17-7-9-26(10-8-17)32(28,29)22-6-5-20(23)31-22/h2-6,16-17H,7-15H2,1H3. The van der Waals surface area contributed by atoms with Crippen LogP contribution in [0.4, 0.5) is 5.69 Å². The van der Waals surface area contributed by atoms with Crippen LogP contribution in [0.25, 0.3) is 0 Å². The number of halogens is 1. The molecule has 2 aliphatic heterocycles. The van der Waals surface area contributed by atoms with E-state index in [-0.39, 0.29) is 16.0 Å². The fourth-order valence-electron chi connectivity index (χ4n) is 4.31. The Morgan fingerprint density at radius 1 is 1.09 bits per heavy atom. The van der Waals surface area contributed by atoms with E-state index in [1.807, 2.05) is 23.1 Å². The van der Waals surface area contributed by atoms with Gasteiger partial charge in [-0.15, -0.1) is 11.3 Å². The highest BCUT2D eigenvalue weighted by Gasteiger charge is 2.32. The van der Waals surface area contributed by atoms with Crippen LogP contribution in [0, 0.1) is 5.92 Å². The number of anilines is 1. The predicted molar refractivity (Wildman–Crippen MR) is 127 cm³/mol. The summed E-state index contributed by atoms with van der Waals surface area (Å²) in [5.74, 6) is 1.22. The summed E-state index contributed by atoms with van der Waals surface area (Å²) in [7, 11) is -1.83. The van der Waals surface area contributed by atoms with Gasteiger partial charge in [0, 0.05) is 57.4 Å². The van der Waals surface area contributed by atoms with Crippen LogP contribution in [-0.4, -0.2) is 69.9 Å². The molecule has 0 spiro atoms. The fourth-order valence-corrected chi connectivity index (χ4v) is 7.42. The van der Waals surface area contributed by atoms with Crippen LogP contribution in [0.1, 0.15) is 19.3 Å². The van der Waals surface area contributed by atoms with Crippen molar-refractivity contribution in [3.63, 3.8) is 0 Å². The summed E-state index contributed by atoms with van der Waals surface area (Å²) in [5.41, 5.74) is 1.11. The van der Waals surface area contributed by atoms with Gasteiger partial charge in [-0.3, -0.25) is 4.79 Å². The maximum absolute atomic E-state index is 12.9. The molecule has 2 fully saturated rings. The number of carbonyl (C=O) groups excluding carboxylic acids is 1. The minimum atomic E-state index is -3.49. The lowest BCUT2D eigenvalue weighted by Crippen LogP contribution is -2.49. The number of piperidine rings is 1. The Morgan fingerprint density at radius 2 is 1.81 bits per heavy atom. The second-order valence-electron chi connectivity index (χ2n) is 8.18. The van der Waals surface area contributed by atoms with Gasteiger partial charge in [-0.2, -0.15) is 4.31 Å². The van der Waals surface area contributed by atoms with Gasteiger partial charge in [0.25, 0.3) is 10.0 Å². The summed E-state index contributed by atoms with van der Waals surface area (Å²) in [4.78, 5) is 17.1. The van der Waals surface area contributed by atoms with Gasteiger partial charge in [-0.05, 0) is 43.0 Å². The number of methoxy groups -OCH3 is 1. The molecule has 1 aromatic heterocycles. The molecule has 2 aromatic rings. The van der Waals surface area contributed by atoms with Crippen LogP contribution in [0.5, 0.6) is 5.75 Å². The molecule has 0 bridgehead atoms. The molecule has 0 radical (unpaired) electrons. The largest absolute Gasteiger partial charge is 0.497 e. The summed E-state index contributed by atoms with van der Waals surface area (Å²) in [6, 6.07) is 11.2. The number of rotatable bonds is 6. The number of piperazine rings is 1. The lowest BCUT2D eigenvalue weighted by molar-refractivity contribution is -0.132. The summed E-state index contributed by atoms with van der Waals surface area (Å²) >= 11 is 6.98. The first-order chi connectivity index (χ1) is 15.4. The Kier molecular flexibility index (Phi) is 7.29. The monoisotopic (exact) mass is 497 g/mol. The van der Waals surface area contributed by atoms with Crippen LogP contribution in [-0.2, 0) is 14.8 Å². The predicted octanol–water partition coefficient (Wildman–Crippen LogP) is 3.55. The Morgan fingerprint density at radius 3 is 2.44 bits per heavy atom. The maximum Gasteiger partial charge on any atom is 0.252 e. The van der Waals surface area contributed by atoms with E-state index in [1.54, 1.807) is 19.2 Å². The molecule has 0 atom stereocenters. The van der Waals surface area contributed by atoms with Crippen molar-refractivity contribution in [2.75, 3.05) is 51.3 Å². The van der Waals surface area contributed by atoms with E-state index >= 15 is 0 Å². The Bertz CT molecular complexity index is 1040. The molecule has 4 rings (SSSR count). The molecule has 7 nitrogen and oxygen atoms in total. The topological polar surface area (TPSA) is 70.2 Å². The molecule has 174 valence electrons. The average Bonchev–Trinajstić information content (AvgIpc) is 3.27. The molecule has 3 heterocycles. The third-order valence-electron chi connectivity index (χ3n) is 6.23. The van der Waals surface area contributed by atoms with Gasteiger partial charge in [0.2, 0.25) is 5.91 Å². The smallest absolute Gasteiger partial charge is 0.252 e. The van der Waals surface area contributed by atoms with E-state index in [0.29, 0.717) is 49.8 Å². The molecule has 0 saturated carbocycles. The number of carbonyl (C=O) groups is 1. The number of ether oxygens (including phenoxy) is 1. The van der Waals surface area contributed by atoms with E-state index in [2.05, 4.69) is 11.0 Å². The molecule has 1 amide bonds. The van der Waals surface area contributed by atoms with Gasteiger partial charge in [0.05, 0.1) is 11.4 Å². The number of sulfonamides is 1. The molecule has 2 aliphatic rings. The van der Waals surface area contributed by atoms with Gasteiger partial charge in [0.15, 0.2) is 0 Å². The quantitative estimate of drug-likeness (QED) is 0.610. The zero-order valence-electron chi connectivity index (χ0n) is 18.1. The third-order valence-corrected chi connectivity index (χ3v) is 9.83. The van der Waals surface area contributed by atoms with Crippen molar-refractivity contribution in [3.8, 4) is 5.75 Å². The summed E-state index contributed by atoms with van der Waals surface area (Å²) in [5, 5.41) is 0. The molecule has 2 saturated heterocycles. The second-order valence-corrected chi connectivity index (χ2v) is 12.1. The van der Waals surface area contributed by atoms with Crippen molar-refractivity contribution < 1.29 is 17.9 Å². The second kappa shape index (κ2) is 9.99. The zero-order valence-corrected chi connectivity index (χ0v) is 20.5. The highest BCUT2D eigenvalue weighted by molar-refractivity contribution is 7.91. The third kappa shape index (κ3) is 5.22. The first-order valence-corrected chi connectivity index (χ1v) is 13.4. The van der Waals surface area contributed by atoms with Crippen molar-refractivity contribution >= 4 is 44.6 Å². The summed E-state index contributed by atoms with van der Waals surface area (Å²) < 4.78 is 33.1. The molecule has 0 N–H and O–H groups in total. The number of amides is 1. The van der Waals surface area contributed by atoms with Gasteiger partial charge in [-0.25, -0.2) is 8.42 Å². The van der Waals surface area contributed by atoms with Crippen molar-refractivity contribution in [1.82, 2.24) is 9.21 Å². The number of nitrogens with zero attached hydrogens (tertiary/aromatic N) is 3. The van der Waals surface area contributed by atoms with Crippen molar-refractivity contribution in [2.45, 2.75) is 23.5 Å². The fraction of sp³-hybridized carbons (Fsp3) is 0.500. The minimum absolute atomic E-state index is 0.168. The maximum atomic E-state index is 12.9. The first kappa shape index (κ1) is 23.4. The summed E-state index contributed by atoms with van der Waals surface area (Å²) in [6.07, 6.45) is 1.89. The Labute approximate surface area is 198 Å². The number of benzene rings is 1. The van der Waals surface area contributed by atoms with Crippen LogP contribution in [0.2, 0.25) is 4.34 Å². The van der Waals surface area contributed by atoms with E-state index in [4.69, 9.17) is 16.3 Å². The van der Waals surface area contributed by atoms with Gasteiger partial charge in [-0.1, -0.05) is 17.7 Å². The molecule has 0 aliphatic carbocycles. The normalized spacial score (nSPS) is 18.7. The Hall–Kier alpha value is -1.81. The zero-order chi connectivity index (χ0) is 22.7. The number of hydrogen-bond acceptors (Lipinski definition) is 6. The summed E-state index contributed by atoms with van der Waals surface area (Å²) in [6.45, 7) is 3.86. The molecular formula is C22H28ClN3O4S2. The van der Waals surface area contributed by atoms with Gasteiger partial charge >= 0.3 is 0 Å². The molecule has 10 heteroatoms. The SMILES string of the molecule is COc1cccc(N2CCN(C(=O)CC3CCN(S(=O)(=O)c4ccc(Cl)s4)CC3)CC2)c1. The van der Waals surface area contributed by atoms with Crippen molar-refractivity contribution in [3.05, 3.63) is 40.7 Å². The van der Waals surface area contributed by atoms with E-state index in [9.17, 15) is 13.2 Å². The molecular weight excluding hydrogens is 470 g/mol. The lowest BCUT2D eigenvalue weighted by atomic mass is 9.94. The molecule has 1 aromatic carbocycles. The minimum Gasteiger partial charge on any atom is -0.497 e.